The number of pyridine rings is 2. The van der Waals surface area contributed by atoms with Gasteiger partial charge in [-0.25, -0.2) is 4.98 Å². The highest BCUT2D eigenvalue weighted by Gasteiger charge is 2.43. The maximum absolute atomic E-state index is 11.3. The van der Waals surface area contributed by atoms with Gasteiger partial charge in [0, 0.05) is 41.7 Å². The molecule has 3 heterocycles. The molecule has 2 saturated carbocycles. The second-order valence-corrected chi connectivity index (χ2v) is 8.71. The van der Waals surface area contributed by atoms with Crippen LogP contribution in [0.4, 0.5) is 0 Å². The van der Waals surface area contributed by atoms with Crippen molar-refractivity contribution in [2.45, 2.75) is 48.1 Å². The number of carbonyl (C=O) groups is 1. The number of aromatic nitrogens is 4. The number of hydrogen-bond acceptors (Lipinski definition) is 5. The van der Waals surface area contributed by atoms with Crippen LogP contribution in [0.3, 0.4) is 0 Å². The molecule has 0 saturated heterocycles. The first-order valence-corrected chi connectivity index (χ1v) is 10.4. The quantitative estimate of drug-likeness (QED) is 0.692. The number of rotatable bonds is 6. The highest BCUT2D eigenvalue weighted by atomic mass is 32.2. The number of aryl methyl sites for hydroxylation is 1. The molecule has 0 bridgehead atoms. The molecule has 2 aliphatic carbocycles. The Morgan fingerprint density at radius 3 is 2.64 bits per heavy atom. The van der Waals surface area contributed by atoms with Gasteiger partial charge in [-0.2, -0.15) is 5.10 Å². The maximum Gasteiger partial charge on any atom is 0.221 e. The molecule has 2 atom stereocenters. The van der Waals surface area contributed by atoms with Crippen molar-refractivity contribution in [1.29, 1.82) is 0 Å². The van der Waals surface area contributed by atoms with Gasteiger partial charge in [-0.05, 0) is 49.9 Å². The van der Waals surface area contributed by atoms with Crippen molar-refractivity contribution in [3.63, 3.8) is 0 Å². The van der Waals surface area contributed by atoms with E-state index in [1.807, 2.05) is 37.5 Å². The normalized spacial score (nSPS) is 20.9. The summed E-state index contributed by atoms with van der Waals surface area (Å²) in [5.74, 6) is -0.129. The predicted molar refractivity (Wildman–Crippen MR) is 107 cm³/mol. The van der Waals surface area contributed by atoms with E-state index in [0.717, 1.165) is 38.9 Å². The molecule has 1 amide bonds. The van der Waals surface area contributed by atoms with Gasteiger partial charge in [0.15, 0.2) is 0 Å². The van der Waals surface area contributed by atoms with Crippen molar-refractivity contribution in [3.8, 4) is 11.3 Å². The number of primary amides is 1. The van der Waals surface area contributed by atoms with Crippen LogP contribution in [-0.2, 0) is 4.79 Å². The van der Waals surface area contributed by atoms with E-state index in [-0.39, 0.29) is 17.7 Å². The first kappa shape index (κ1) is 17.4. The summed E-state index contributed by atoms with van der Waals surface area (Å²) in [6.45, 7) is 2.04. The lowest BCUT2D eigenvalue weighted by Gasteiger charge is -2.04. The first-order valence-electron chi connectivity index (χ1n) is 9.54. The van der Waals surface area contributed by atoms with E-state index in [0.29, 0.717) is 6.04 Å². The zero-order valence-corrected chi connectivity index (χ0v) is 16.4. The Labute approximate surface area is 167 Å². The van der Waals surface area contributed by atoms with Gasteiger partial charge in [-0.1, -0.05) is 17.8 Å². The van der Waals surface area contributed by atoms with Gasteiger partial charge in [0.25, 0.3) is 0 Å². The van der Waals surface area contributed by atoms with Crippen LogP contribution < -0.4 is 5.73 Å². The standard InChI is InChI=1S/C21H21N5OS/c1-12-2-7-19(24-9-12)28-18-11-26(14-4-5-14)25-20(18)13-3-6-17(23-10-13)15-8-16(15)21(22)27/h2-3,6-7,9-11,14-16H,4-5,8H2,1H3,(H2,22,27). The molecule has 2 aliphatic rings. The molecule has 2 N–H and O–H groups in total. The first-order chi connectivity index (χ1) is 13.6. The number of amides is 1. The highest BCUT2D eigenvalue weighted by Crippen LogP contribution is 2.47. The molecule has 2 fully saturated rings. The van der Waals surface area contributed by atoms with Gasteiger partial charge in [0.2, 0.25) is 5.91 Å². The molecule has 5 rings (SSSR count). The van der Waals surface area contributed by atoms with E-state index >= 15 is 0 Å². The minimum atomic E-state index is -0.233. The molecule has 0 spiro atoms. The second kappa shape index (κ2) is 6.74. The van der Waals surface area contributed by atoms with Crippen LogP contribution in [0.1, 0.15) is 42.5 Å². The van der Waals surface area contributed by atoms with Crippen LogP contribution in [-0.4, -0.2) is 25.7 Å². The van der Waals surface area contributed by atoms with E-state index < -0.39 is 0 Å². The summed E-state index contributed by atoms with van der Waals surface area (Å²) in [5, 5.41) is 5.80. The monoisotopic (exact) mass is 391 g/mol. The van der Waals surface area contributed by atoms with Crippen molar-refractivity contribution in [2.75, 3.05) is 0 Å². The highest BCUT2D eigenvalue weighted by molar-refractivity contribution is 7.99. The van der Waals surface area contributed by atoms with Gasteiger partial charge >= 0.3 is 0 Å². The predicted octanol–water partition coefficient (Wildman–Crippen LogP) is 3.72. The third kappa shape index (κ3) is 3.42. The minimum Gasteiger partial charge on any atom is -0.369 e. The molecular weight excluding hydrogens is 370 g/mol. The molecule has 3 aromatic rings. The lowest BCUT2D eigenvalue weighted by atomic mass is 10.1. The summed E-state index contributed by atoms with van der Waals surface area (Å²) in [6.07, 6.45) is 9.03. The third-order valence-electron chi connectivity index (χ3n) is 5.31. The van der Waals surface area contributed by atoms with Crippen molar-refractivity contribution < 1.29 is 4.79 Å². The lowest BCUT2D eigenvalue weighted by Crippen LogP contribution is -2.13. The molecule has 142 valence electrons. The fourth-order valence-electron chi connectivity index (χ4n) is 3.40. The molecular formula is C21H21N5OS. The average molecular weight is 392 g/mol. The van der Waals surface area contributed by atoms with E-state index in [2.05, 4.69) is 26.9 Å². The molecule has 6 nitrogen and oxygen atoms in total. The van der Waals surface area contributed by atoms with Crippen LogP contribution in [0.15, 0.2) is 52.8 Å². The number of hydrogen-bond donors (Lipinski definition) is 1. The van der Waals surface area contributed by atoms with Crippen molar-refractivity contribution in [2.24, 2.45) is 11.7 Å². The Morgan fingerprint density at radius 2 is 2.04 bits per heavy atom. The number of nitrogens with zero attached hydrogens (tertiary/aromatic N) is 4. The fourth-order valence-corrected chi connectivity index (χ4v) is 4.29. The van der Waals surface area contributed by atoms with E-state index in [4.69, 9.17) is 10.8 Å². The van der Waals surface area contributed by atoms with Gasteiger partial charge in [-0.3, -0.25) is 14.5 Å². The maximum atomic E-state index is 11.3. The Morgan fingerprint density at radius 1 is 1.18 bits per heavy atom. The Balaban J connectivity index is 1.43. The van der Waals surface area contributed by atoms with Crippen LogP contribution >= 0.6 is 11.8 Å². The molecule has 7 heteroatoms. The van der Waals surface area contributed by atoms with Crippen LogP contribution in [0.2, 0.25) is 0 Å². The molecule has 2 unspecified atom stereocenters. The topological polar surface area (TPSA) is 86.7 Å². The summed E-state index contributed by atoms with van der Waals surface area (Å²) in [6, 6.07) is 8.66. The number of nitrogens with two attached hydrogens (primary N) is 1. The third-order valence-corrected chi connectivity index (χ3v) is 6.28. The Bertz CT molecular complexity index is 1020. The smallest absolute Gasteiger partial charge is 0.221 e. The molecule has 0 radical (unpaired) electrons. The summed E-state index contributed by atoms with van der Waals surface area (Å²) in [4.78, 5) is 21.5. The molecule has 0 aliphatic heterocycles. The van der Waals surface area contributed by atoms with Crippen molar-refractivity contribution >= 4 is 17.7 Å². The van der Waals surface area contributed by atoms with E-state index in [1.54, 1.807) is 11.8 Å². The van der Waals surface area contributed by atoms with Crippen LogP contribution in [0.5, 0.6) is 0 Å². The molecule has 3 aromatic heterocycles. The van der Waals surface area contributed by atoms with Gasteiger partial charge in [0.1, 0.15) is 10.7 Å². The van der Waals surface area contributed by atoms with Crippen LogP contribution in [0.25, 0.3) is 11.3 Å². The lowest BCUT2D eigenvalue weighted by molar-refractivity contribution is -0.119. The van der Waals surface area contributed by atoms with E-state index in [1.165, 1.54) is 12.8 Å². The van der Waals surface area contributed by atoms with Gasteiger partial charge in [-0.15, -0.1) is 0 Å². The van der Waals surface area contributed by atoms with Crippen molar-refractivity contribution in [1.82, 2.24) is 19.7 Å². The summed E-state index contributed by atoms with van der Waals surface area (Å²) < 4.78 is 2.07. The summed E-state index contributed by atoms with van der Waals surface area (Å²) in [5.41, 5.74) is 9.39. The average Bonchev–Trinajstić information content (AvgIpc) is 3.61. The zero-order chi connectivity index (χ0) is 19.3. The van der Waals surface area contributed by atoms with Gasteiger partial charge < -0.3 is 5.73 Å². The minimum absolute atomic E-state index is 0.0637. The van der Waals surface area contributed by atoms with Crippen molar-refractivity contribution in [3.05, 3.63) is 54.1 Å². The molecule has 28 heavy (non-hydrogen) atoms. The van der Waals surface area contributed by atoms with Crippen LogP contribution in [0, 0.1) is 12.8 Å². The van der Waals surface area contributed by atoms with E-state index in [9.17, 15) is 4.79 Å². The Kier molecular flexibility index (Phi) is 4.19. The zero-order valence-electron chi connectivity index (χ0n) is 15.6. The Hall–Kier alpha value is -2.67. The largest absolute Gasteiger partial charge is 0.369 e. The summed E-state index contributed by atoms with van der Waals surface area (Å²) >= 11 is 1.63. The SMILES string of the molecule is Cc1ccc(Sc2cn(C3CC3)nc2-c2ccc(C3CC3C(N)=O)nc2)nc1. The van der Waals surface area contributed by atoms with Gasteiger partial charge in [0.05, 0.1) is 10.9 Å². The summed E-state index contributed by atoms with van der Waals surface area (Å²) in [7, 11) is 0. The molecule has 0 aromatic carbocycles. The second-order valence-electron chi connectivity index (χ2n) is 7.65. The number of carbonyl (C=O) groups excluding carboxylic acids is 1. The fraction of sp³-hybridized carbons (Fsp3) is 0.333.